The van der Waals surface area contributed by atoms with Gasteiger partial charge in [0, 0.05) is 26.9 Å². The molecule has 3 radical (unpaired) electrons. The van der Waals surface area contributed by atoms with Crippen LogP contribution in [-0.4, -0.2) is 19.6 Å². The van der Waals surface area contributed by atoms with Crippen molar-refractivity contribution in [2.24, 2.45) is 0 Å². The Morgan fingerprint density at radius 3 is 1.58 bits per heavy atom. The highest BCUT2D eigenvalue weighted by Crippen LogP contribution is 1.91. The number of rotatable bonds is 1. The quantitative estimate of drug-likeness (QED) is 0.583. The van der Waals surface area contributed by atoms with E-state index in [9.17, 15) is 0 Å². The minimum absolute atomic E-state index is 0. The lowest BCUT2D eigenvalue weighted by Gasteiger charge is -2.19. The van der Waals surface area contributed by atoms with E-state index in [1.165, 1.54) is 0 Å². The second-order valence-corrected chi connectivity index (χ2v) is 2.06. The van der Waals surface area contributed by atoms with E-state index in [2.05, 4.69) is 24.7 Å². The molecule has 0 bridgehead atoms. The van der Waals surface area contributed by atoms with Crippen molar-refractivity contribution < 1.29 is 0 Å². The third kappa shape index (κ3) is 6.10. The minimum Gasteiger partial charge on any atom is -0.307 e. The number of hydrazine groups is 2. The van der Waals surface area contributed by atoms with Crippen LogP contribution in [0.4, 0.5) is 0 Å². The van der Waals surface area contributed by atoms with Crippen LogP contribution in [0.2, 0.25) is 0 Å². The molecular formula is C8H21BN3. The van der Waals surface area contributed by atoms with Gasteiger partial charge in [-0.05, 0) is 13.8 Å². The topological polar surface area (TPSA) is 27.3 Å². The largest absolute Gasteiger partial charge is 0.307 e. The molecule has 4 heteroatoms. The summed E-state index contributed by atoms with van der Waals surface area (Å²) in [4.78, 5) is 0. The highest BCUT2D eigenvalue weighted by molar-refractivity contribution is 5.75. The monoisotopic (exact) mass is 170 g/mol. The predicted octanol–water partition coefficient (Wildman–Crippen LogP) is 1.47. The third-order valence-electron chi connectivity index (χ3n) is 1.03. The highest BCUT2D eigenvalue weighted by Gasteiger charge is 2.06. The molecule has 3 nitrogen and oxygen atoms in total. The van der Waals surface area contributed by atoms with Gasteiger partial charge in [-0.1, -0.05) is 21.3 Å². The average Bonchev–Trinajstić information content (AvgIpc) is 2.42. The molecule has 12 heavy (non-hydrogen) atoms. The van der Waals surface area contributed by atoms with Gasteiger partial charge in [0.2, 0.25) is 0 Å². The first kappa shape index (κ1) is 17.4. The molecule has 0 spiro atoms. The maximum absolute atomic E-state index is 3.00. The summed E-state index contributed by atoms with van der Waals surface area (Å²) in [6.45, 7) is 8.21. The van der Waals surface area contributed by atoms with Crippen molar-refractivity contribution in [1.29, 1.82) is 0 Å². The molecule has 0 fully saturated rings. The molecule has 0 aliphatic carbocycles. The van der Waals surface area contributed by atoms with E-state index < -0.39 is 0 Å². The van der Waals surface area contributed by atoms with Gasteiger partial charge < -0.3 is 10.9 Å². The molecule has 2 N–H and O–H groups in total. The van der Waals surface area contributed by atoms with Crippen molar-refractivity contribution in [3.63, 3.8) is 0 Å². The van der Waals surface area contributed by atoms with Crippen molar-refractivity contribution in [2.45, 2.75) is 41.2 Å². The second kappa shape index (κ2) is 10.4. The molecule has 71 valence electrons. The van der Waals surface area contributed by atoms with Crippen LogP contribution in [0.3, 0.4) is 0 Å². The second-order valence-electron chi connectivity index (χ2n) is 2.06. The Morgan fingerprint density at radius 1 is 1.08 bits per heavy atom. The molecule has 0 atom stereocenters. The maximum atomic E-state index is 3.00. The van der Waals surface area contributed by atoms with Gasteiger partial charge in [0.05, 0.1) is 0 Å². The van der Waals surface area contributed by atoms with E-state index in [0.717, 1.165) is 0 Å². The van der Waals surface area contributed by atoms with E-state index in [1.807, 2.05) is 31.4 Å². The van der Waals surface area contributed by atoms with E-state index in [-0.39, 0.29) is 15.8 Å². The molecule has 1 aliphatic heterocycles. The minimum atomic E-state index is 0. The van der Waals surface area contributed by atoms with Crippen LogP contribution >= 0.6 is 0 Å². The van der Waals surface area contributed by atoms with E-state index >= 15 is 0 Å². The normalized spacial score (nSPS) is 13.1. The zero-order valence-electron chi connectivity index (χ0n) is 7.76. The Hall–Kier alpha value is -0.635. The molecule has 1 rings (SSSR count). The summed E-state index contributed by atoms with van der Waals surface area (Å²) in [5.74, 6) is 0. The van der Waals surface area contributed by atoms with Gasteiger partial charge >= 0.3 is 0 Å². The summed E-state index contributed by atoms with van der Waals surface area (Å²) in [5, 5.41) is 1.92. The number of nitrogens with zero attached hydrogens (tertiary/aromatic N) is 1. The fourth-order valence-electron chi connectivity index (χ4n) is 0.571. The number of nitrogens with one attached hydrogen (secondary N) is 2. The van der Waals surface area contributed by atoms with E-state index in [4.69, 9.17) is 0 Å². The van der Waals surface area contributed by atoms with Crippen molar-refractivity contribution in [1.82, 2.24) is 16.0 Å². The molecule has 0 aromatic heterocycles. The first-order valence-electron chi connectivity index (χ1n) is 3.77. The summed E-state index contributed by atoms with van der Waals surface area (Å²) >= 11 is 0. The van der Waals surface area contributed by atoms with Gasteiger partial charge in [-0.3, -0.25) is 0 Å². The van der Waals surface area contributed by atoms with Crippen molar-refractivity contribution in [3.8, 4) is 0 Å². The standard InChI is InChI=1S/C5H11N3.C2H6.CH4.B/c1-5(2)8-6-3-4-7-8;1-2;;/h3-7H,1-2H3;1-2H3;1H4;. The van der Waals surface area contributed by atoms with Crippen LogP contribution < -0.4 is 10.9 Å². The summed E-state index contributed by atoms with van der Waals surface area (Å²) in [7, 11) is 0. The van der Waals surface area contributed by atoms with Crippen LogP contribution in [0.15, 0.2) is 12.4 Å². The van der Waals surface area contributed by atoms with Crippen LogP contribution in [0.25, 0.3) is 0 Å². The zero-order chi connectivity index (χ0) is 7.98. The van der Waals surface area contributed by atoms with E-state index in [0.29, 0.717) is 6.04 Å². The first-order valence-corrected chi connectivity index (χ1v) is 3.77. The van der Waals surface area contributed by atoms with Crippen molar-refractivity contribution in [2.75, 3.05) is 0 Å². The van der Waals surface area contributed by atoms with E-state index in [1.54, 1.807) is 0 Å². The Labute approximate surface area is 78.7 Å². The molecule has 0 saturated carbocycles. The lowest BCUT2D eigenvalue weighted by molar-refractivity contribution is 0.144. The molecular weight excluding hydrogens is 149 g/mol. The molecule has 0 unspecified atom stereocenters. The first-order chi connectivity index (χ1) is 4.80. The van der Waals surface area contributed by atoms with Crippen LogP contribution in [0, 0.1) is 0 Å². The molecule has 1 heterocycles. The third-order valence-corrected chi connectivity index (χ3v) is 1.03. The Kier molecular flexibility index (Phi) is 15.1. The van der Waals surface area contributed by atoms with Crippen molar-refractivity contribution in [3.05, 3.63) is 12.4 Å². The fraction of sp³-hybridized carbons (Fsp3) is 0.750. The fourth-order valence-corrected chi connectivity index (χ4v) is 0.571. The summed E-state index contributed by atoms with van der Waals surface area (Å²) < 4.78 is 0. The molecule has 0 saturated heterocycles. The van der Waals surface area contributed by atoms with Crippen LogP contribution in [0.5, 0.6) is 0 Å². The van der Waals surface area contributed by atoms with Crippen molar-refractivity contribution >= 4 is 8.41 Å². The van der Waals surface area contributed by atoms with Gasteiger partial charge in [-0.25, -0.2) is 0 Å². The smallest absolute Gasteiger partial charge is 0.0443 e. The number of hydrogen-bond acceptors (Lipinski definition) is 3. The summed E-state index contributed by atoms with van der Waals surface area (Å²) in [5.41, 5.74) is 6.00. The Morgan fingerprint density at radius 2 is 1.42 bits per heavy atom. The Bertz CT molecular complexity index is 96.5. The van der Waals surface area contributed by atoms with Gasteiger partial charge in [-0.15, -0.1) is 5.12 Å². The number of hydrogen-bond donors (Lipinski definition) is 2. The zero-order valence-corrected chi connectivity index (χ0v) is 7.76. The molecule has 1 aliphatic rings. The lowest BCUT2D eigenvalue weighted by Crippen LogP contribution is -2.43. The van der Waals surface area contributed by atoms with Gasteiger partial charge in [0.25, 0.3) is 0 Å². The predicted molar refractivity (Wildman–Crippen MR) is 56.2 cm³/mol. The SMILES string of the molecule is C.CC.CC(C)N1NC=CN1.[B]. The lowest BCUT2D eigenvalue weighted by atomic mass is 10.4. The highest BCUT2D eigenvalue weighted by atomic mass is 15.7. The molecule has 0 aromatic carbocycles. The molecule has 0 aromatic rings. The Balaban J connectivity index is -0.000000189. The maximum Gasteiger partial charge on any atom is 0.0443 e. The average molecular weight is 170 g/mol. The summed E-state index contributed by atoms with van der Waals surface area (Å²) in [6.07, 6.45) is 3.72. The summed E-state index contributed by atoms with van der Waals surface area (Å²) in [6, 6.07) is 0.491. The van der Waals surface area contributed by atoms with Crippen LogP contribution in [0.1, 0.15) is 35.1 Å². The van der Waals surface area contributed by atoms with Gasteiger partial charge in [0.1, 0.15) is 0 Å². The molecule has 0 amide bonds. The van der Waals surface area contributed by atoms with Gasteiger partial charge in [-0.2, -0.15) is 0 Å². The van der Waals surface area contributed by atoms with Crippen LogP contribution in [-0.2, 0) is 0 Å². The van der Waals surface area contributed by atoms with Gasteiger partial charge in [0.15, 0.2) is 0 Å².